The lowest BCUT2D eigenvalue weighted by molar-refractivity contribution is -0.308. The summed E-state index contributed by atoms with van der Waals surface area (Å²) in [5.74, 6) is -1.58. The van der Waals surface area contributed by atoms with Gasteiger partial charge < -0.3 is 20.0 Å². The van der Waals surface area contributed by atoms with Crippen molar-refractivity contribution < 1.29 is 19.4 Å². The molecule has 2 aromatic rings. The molecule has 1 amide bonds. The topological polar surface area (TPSA) is 78.5 Å². The molecule has 2 rings (SSSR count). The summed E-state index contributed by atoms with van der Waals surface area (Å²) in [4.78, 5) is 23.1. The van der Waals surface area contributed by atoms with Crippen LogP contribution >= 0.6 is 23.2 Å². The SMILES string of the molecule is O=C(COc1ccc(Cl)c(Cl)c1)N[C@H](Cc1ccccc1)C(=O)[O-]. The van der Waals surface area contributed by atoms with Crippen LogP contribution in [0.5, 0.6) is 5.75 Å². The van der Waals surface area contributed by atoms with Gasteiger partial charge in [-0.1, -0.05) is 53.5 Å². The van der Waals surface area contributed by atoms with Crippen molar-refractivity contribution >= 4 is 35.1 Å². The number of hydrogen-bond acceptors (Lipinski definition) is 4. The first-order valence-corrected chi connectivity index (χ1v) is 7.83. The van der Waals surface area contributed by atoms with Crippen molar-refractivity contribution in [3.63, 3.8) is 0 Å². The lowest BCUT2D eigenvalue weighted by Crippen LogP contribution is -2.50. The molecule has 0 fully saturated rings. The fourth-order valence-corrected chi connectivity index (χ4v) is 2.28. The summed E-state index contributed by atoms with van der Waals surface area (Å²) < 4.78 is 5.27. The summed E-state index contributed by atoms with van der Waals surface area (Å²) in [6, 6.07) is 12.4. The molecule has 1 N–H and O–H groups in total. The van der Waals surface area contributed by atoms with E-state index in [0.717, 1.165) is 5.56 Å². The summed E-state index contributed by atoms with van der Waals surface area (Å²) in [5, 5.41) is 14.2. The maximum Gasteiger partial charge on any atom is 0.258 e. The van der Waals surface area contributed by atoms with Gasteiger partial charge >= 0.3 is 0 Å². The van der Waals surface area contributed by atoms with Gasteiger partial charge in [0, 0.05) is 6.07 Å². The number of amides is 1. The Morgan fingerprint density at radius 2 is 1.79 bits per heavy atom. The lowest BCUT2D eigenvalue weighted by atomic mass is 10.1. The third kappa shape index (κ3) is 5.44. The average Bonchev–Trinajstić information content (AvgIpc) is 2.56. The van der Waals surface area contributed by atoms with E-state index in [1.54, 1.807) is 30.3 Å². The third-order valence-corrected chi connectivity index (χ3v) is 3.90. The van der Waals surface area contributed by atoms with E-state index in [-0.39, 0.29) is 13.0 Å². The maximum absolute atomic E-state index is 11.9. The van der Waals surface area contributed by atoms with E-state index in [1.807, 2.05) is 6.07 Å². The van der Waals surface area contributed by atoms with Crippen LogP contribution in [0, 0.1) is 0 Å². The first kappa shape index (κ1) is 18.1. The largest absolute Gasteiger partial charge is 0.548 e. The van der Waals surface area contributed by atoms with Gasteiger partial charge in [-0.15, -0.1) is 0 Å². The van der Waals surface area contributed by atoms with Gasteiger partial charge in [0.05, 0.1) is 22.1 Å². The zero-order valence-corrected chi connectivity index (χ0v) is 14.0. The molecular weight excluding hydrogens is 353 g/mol. The van der Waals surface area contributed by atoms with Gasteiger partial charge in [-0.05, 0) is 24.1 Å². The van der Waals surface area contributed by atoms with Gasteiger partial charge in [0.1, 0.15) is 5.75 Å². The van der Waals surface area contributed by atoms with Crippen LogP contribution in [-0.2, 0) is 16.0 Å². The number of carbonyl (C=O) groups excluding carboxylic acids is 2. The highest BCUT2D eigenvalue weighted by Crippen LogP contribution is 2.26. The van der Waals surface area contributed by atoms with E-state index in [9.17, 15) is 14.7 Å². The van der Waals surface area contributed by atoms with Crippen molar-refractivity contribution in [1.82, 2.24) is 5.32 Å². The summed E-state index contributed by atoms with van der Waals surface area (Å²) in [5.41, 5.74) is 0.775. The normalized spacial score (nSPS) is 11.6. The monoisotopic (exact) mass is 366 g/mol. The van der Waals surface area contributed by atoms with Crippen molar-refractivity contribution in [2.75, 3.05) is 6.61 Å². The van der Waals surface area contributed by atoms with Crippen LogP contribution in [0.25, 0.3) is 0 Å². The van der Waals surface area contributed by atoms with Gasteiger partial charge in [-0.25, -0.2) is 0 Å². The number of hydrogen-bond donors (Lipinski definition) is 1. The van der Waals surface area contributed by atoms with Crippen LogP contribution in [0.1, 0.15) is 5.56 Å². The summed E-state index contributed by atoms with van der Waals surface area (Å²) in [6.45, 7) is -0.351. The Morgan fingerprint density at radius 3 is 2.42 bits per heavy atom. The summed E-state index contributed by atoms with van der Waals surface area (Å²) >= 11 is 11.6. The van der Waals surface area contributed by atoms with E-state index in [2.05, 4.69) is 5.32 Å². The number of carboxylic acids is 1. The molecule has 0 saturated carbocycles. The van der Waals surface area contributed by atoms with Gasteiger partial charge in [-0.2, -0.15) is 0 Å². The zero-order valence-electron chi connectivity index (χ0n) is 12.5. The number of carbonyl (C=O) groups is 2. The van der Waals surface area contributed by atoms with Gasteiger partial charge in [0.25, 0.3) is 5.91 Å². The molecule has 1 atom stereocenters. The minimum absolute atomic E-state index is 0.127. The van der Waals surface area contributed by atoms with Gasteiger partial charge in [0.2, 0.25) is 0 Å². The zero-order chi connectivity index (χ0) is 17.5. The molecule has 0 unspecified atom stereocenters. The minimum atomic E-state index is -1.36. The Kier molecular flexibility index (Phi) is 6.46. The van der Waals surface area contributed by atoms with Crippen LogP contribution < -0.4 is 15.2 Å². The summed E-state index contributed by atoms with van der Waals surface area (Å²) in [6.07, 6.45) is 0.127. The molecule has 24 heavy (non-hydrogen) atoms. The molecule has 0 aliphatic heterocycles. The molecule has 0 aliphatic rings. The van der Waals surface area contributed by atoms with E-state index < -0.39 is 17.9 Å². The number of aliphatic carboxylic acids is 1. The maximum atomic E-state index is 11.9. The Labute approximate surface area is 149 Å². The van der Waals surface area contributed by atoms with Crippen molar-refractivity contribution in [2.45, 2.75) is 12.5 Å². The second kappa shape index (κ2) is 8.57. The number of nitrogens with one attached hydrogen (secondary N) is 1. The highest BCUT2D eigenvalue weighted by atomic mass is 35.5. The fraction of sp³-hybridized carbons (Fsp3) is 0.176. The number of carboxylic acid groups (broad SMARTS) is 1. The number of benzene rings is 2. The van der Waals surface area contributed by atoms with Crippen molar-refractivity contribution in [3.8, 4) is 5.75 Å². The number of ether oxygens (including phenoxy) is 1. The molecule has 0 bridgehead atoms. The highest BCUT2D eigenvalue weighted by molar-refractivity contribution is 6.42. The first-order chi connectivity index (χ1) is 11.5. The van der Waals surface area contributed by atoms with Gasteiger partial charge in [-0.3, -0.25) is 4.79 Å². The van der Waals surface area contributed by atoms with Crippen molar-refractivity contribution in [2.24, 2.45) is 0 Å². The van der Waals surface area contributed by atoms with Crippen molar-refractivity contribution in [1.29, 1.82) is 0 Å². The predicted octanol–water partition coefficient (Wildman–Crippen LogP) is 1.85. The molecule has 0 radical (unpaired) electrons. The second-order valence-corrected chi connectivity index (χ2v) is 5.81. The van der Waals surface area contributed by atoms with E-state index in [0.29, 0.717) is 15.8 Å². The van der Waals surface area contributed by atoms with Crippen LogP contribution in [0.2, 0.25) is 10.0 Å². The Hall–Kier alpha value is -2.24. The molecule has 0 heterocycles. The van der Waals surface area contributed by atoms with Gasteiger partial charge in [0.15, 0.2) is 6.61 Å². The number of rotatable bonds is 7. The molecular formula is C17H14Cl2NO4-. The van der Waals surface area contributed by atoms with Crippen LogP contribution in [0.3, 0.4) is 0 Å². The van der Waals surface area contributed by atoms with Crippen molar-refractivity contribution in [3.05, 3.63) is 64.1 Å². The second-order valence-electron chi connectivity index (χ2n) is 4.99. The Balaban J connectivity index is 1.90. The smallest absolute Gasteiger partial charge is 0.258 e. The van der Waals surface area contributed by atoms with E-state index >= 15 is 0 Å². The molecule has 0 saturated heterocycles. The van der Waals surface area contributed by atoms with Crippen LogP contribution in [0.4, 0.5) is 0 Å². The average molecular weight is 367 g/mol. The molecule has 0 spiro atoms. The molecule has 0 aromatic heterocycles. The molecule has 2 aromatic carbocycles. The lowest BCUT2D eigenvalue weighted by Gasteiger charge is -2.20. The third-order valence-electron chi connectivity index (χ3n) is 3.16. The molecule has 126 valence electrons. The van der Waals surface area contributed by atoms with E-state index in [4.69, 9.17) is 27.9 Å². The quantitative estimate of drug-likeness (QED) is 0.810. The molecule has 5 nitrogen and oxygen atoms in total. The summed E-state index contributed by atoms with van der Waals surface area (Å²) in [7, 11) is 0. The first-order valence-electron chi connectivity index (χ1n) is 7.07. The molecule has 0 aliphatic carbocycles. The van der Waals surface area contributed by atoms with Crippen LogP contribution in [0.15, 0.2) is 48.5 Å². The Morgan fingerprint density at radius 1 is 1.08 bits per heavy atom. The van der Waals surface area contributed by atoms with Crippen LogP contribution in [-0.4, -0.2) is 24.5 Å². The Bertz CT molecular complexity index is 722. The minimum Gasteiger partial charge on any atom is -0.548 e. The molecule has 7 heteroatoms. The van der Waals surface area contributed by atoms with E-state index in [1.165, 1.54) is 12.1 Å². The standard InChI is InChI=1S/C17H15Cl2NO4/c18-13-7-6-12(9-14(13)19)24-10-16(21)20-15(17(22)23)8-11-4-2-1-3-5-11/h1-7,9,15H,8,10H2,(H,20,21)(H,22,23)/p-1/t15-/m1/s1. The predicted molar refractivity (Wildman–Crippen MR) is 89.0 cm³/mol. The number of halogens is 2. The highest BCUT2D eigenvalue weighted by Gasteiger charge is 2.15. The fourth-order valence-electron chi connectivity index (χ4n) is 1.99.